The Balaban J connectivity index is 1.99. The molecule has 0 saturated heterocycles. The SMILES string of the molecule is CNCc1ccc(NC(=O)Cc2cc(C)ccc2C)cc1. The molecule has 0 fully saturated rings. The summed E-state index contributed by atoms with van der Waals surface area (Å²) in [6.07, 6.45) is 0.409. The molecule has 2 aromatic rings. The van der Waals surface area contributed by atoms with Gasteiger partial charge < -0.3 is 10.6 Å². The van der Waals surface area contributed by atoms with Gasteiger partial charge >= 0.3 is 0 Å². The largest absolute Gasteiger partial charge is 0.326 e. The van der Waals surface area contributed by atoms with Crippen molar-refractivity contribution in [3.05, 3.63) is 64.7 Å². The fourth-order valence-electron chi connectivity index (χ4n) is 2.28. The van der Waals surface area contributed by atoms with E-state index in [0.29, 0.717) is 6.42 Å². The van der Waals surface area contributed by atoms with E-state index >= 15 is 0 Å². The Morgan fingerprint density at radius 2 is 1.76 bits per heavy atom. The molecule has 0 aliphatic carbocycles. The average molecular weight is 282 g/mol. The summed E-state index contributed by atoms with van der Waals surface area (Å²) in [7, 11) is 1.92. The molecule has 0 atom stereocenters. The molecule has 0 spiro atoms. The highest BCUT2D eigenvalue weighted by atomic mass is 16.1. The van der Waals surface area contributed by atoms with Crippen LogP contribution in [0.3, 0.4) is 0 Å². The summed E-state index contributed by atoms with van der Waals surface area (Å²) in [6, 6.07) is 14.1. The van der Waals surface area contributed by atoms with Crippen LogP contribution in [0.25, 0.3) is 0 Å². The lowest BCUT2D eigenvalue weighted by molar-refractivity contribution is -0.115. The predicted octanol–water partition coefficient (Wildman–Crippen LogP) is 3.20. The summed E-state index contributed by atoms with van der Waals surface area (Å²) < 4.78 is 0. The maximum Gasteiger partial charge on any atom is 0.228 e. The van der Waals surface area contributed by atoms with E-state index < -0.39 is 0 Å². The predicted molar refractivity (Wildman–Crippen MR) is 87.5 cm³/mol. The van der Waals surface area contributed by atoms with Crippen LogP contribution in [-0.2, 0) is 17.8 Å². The number of amides is 1. The normalized spacial score (nSPS) is 10.4. The maximum atomic E-state index is 12.1. The van der Waals surface area contributed by atoms with Crippen molar-refractivity contribution in [3.63, 3.8) is 0 Å². The number of nitrogens with one attached hydrogen (secondary N) is 2. The molecular weight excluding hydrogens is 260 g/mol. The molecule has 0 radical (unpaired) electrons. The number of aryl methyl sites for hydroxylation is 2. The van der Waals surface area contributed by atoms with Crippen LogP contribution in [0.15, 0.2) is 42.5 Å². The second-order valence-electron chi connectivity index (χ2n) is 5.38. The number of carbonyl (C=O) groups is 1. The van der Waals surface area contributed by atoms with Gasteiger partial charge in [0, 0.05) is 12.2 Å². The minimum atomic E-state index is 0.0186. The van der Waals surface area contributed by atoms with Crippen molar-refractivity contribution < 1.29 is 4.79 Å². The molecule has 0 saturated carbocycles. The van der Waals surface area contributed by atoms with Gasteiger partial charge in [0.1, 0.15) is 0 Å². The lowest BCUT2D eigenvalue weighted by Gasteiger charge is -2.09. The second-order valence-corrected chi connectivity index (χ2v) is 5.38. The molecule has 0 aliphatic rings. The van der Waals surface area contributed by atoms with Gasteiger partial charge in [0.15, 0.2) is 0 Å². The lowest BCUT2D eigenvalue weighted by atomic mass is 10.0. The Kier molecular flexibility index (Phi) is 5.12. The fraction of sp³-hybridized carbons (Fsp3) is 0.278. The zero-order chi connectivity index (χ0) is 15.2. The van der Waals surface area contributed by atoms with Gasteiger partial charge in [-0.25, -0.2) is 0 Å². The van der Waals surface area contributed by atoms with Gasteiger partial charge in [-0.15, -0.1) is 0 Å². The third-order valence-corrected chi connectivity index (χ3v) is 3.47. The molecule has 3 nitrogen and oxygen atoms in total. The van der Waals surface area contributed by atoms with Crippen molar-refractivity contribution in [1.82, 2.24) is 5.32 Å². The molecule has 0 aliphatic heterocycles. The van der Waals surface area contributed by atoms with Crippen LogP contribution < -0.4 is 10.6 Å². The van der Waals surface area contributed by atoms with E-state index in [-0.39, 0.29) is 5.91 Å². The summed E-state index contributed by atoms with van der Waals surface area (Å²) in [5, 5.41) is 6.05. The molecule has 21 heavy (non-hydrogen) atoms. The van der Waals surface area contributed by atoms with Gasteiger partial charge in [-0.2, -0.15) is 0 Å². The molecule has 0 unspecified atom stereocenters. The number of carbonyl (C=O) groups excluding carboxylic acids is 1. The number of benzene rings is 2. The summed E-state index contributed by atoms with van der Waals surface area (Å²) in [5.74, 6) is 0.0186. The van der Waals surface area contributed by atoms with Crippen LogP contribution in [0.1, 0.15) is 22.3 Å². The third kappa shape index (κ3) is 4.43. The Morgan fingerprint density at radius 3 is 2.43 bits per heavy atom. The van der Waals surface area contributed by atoms with E-state index in [4.69, 9.17) is 0 Å². The van der Waals surface area contributed by atoms with Gasteiger partial charge in [-0.1, -0.05) is 35.9 Å². The van der Waals surface area contributed by atoms with Gasteiger partial charge in [-0.05, 0) is 49.7 Å². The van der Waals surface area contributed by atoms with Crippen LogP contribution in [0, 0.1) is 13.8 Å². The van der Waals surface area contributed by atoms with Crippen molar-refractivity contribution in [1.29, 1.82) is 0 Å². The molecule has 110 valence electrons. The molecule has 0 heterocycles. The van der Waals surface area contributed by atoms with Crippen molar-refractivity contribution in [2.75, 3.05) is 12.4 Å². The first-order valence-corrected chi connectivity index (χ1v) is 7.18. The number of hydrogen-bond acceptors (Lipinski definition) is 2. The highest BCUT2D eigenvalue weighted by Gasteiger charge is 2.07. The second kappa shape index (κ2) is 7.04. The molecule has 0 bridgehead atoms. The highest BCUT2D eigenvalue weighted by molar-refractivity contribution is 5.92. The lowest BCUT2D eigenvalue weighted by Crippen LogP contribution is -2.15. The van der Waals surface area contributed by atoms with Crippen molar-refractivity contribution in [2.24, 2.45) is 0 Å². The first-order chi connectivity index (χ1) is 10.1. The quantitative estimate of drug-likeness (QED) is 0.884. The van der Waals surface area contributed by atoms with Crippen molar-refractivity contribution in [3.8, 4) is 0 Å². The summed E-state index contributed by atoms with van der Waals surface area (Å²) >= 11 is 0. The molecule has 3 heteroatoms. The Morgan fingerprint density at radius 1 is 1.05 bits per heavy atom. The van der Waals surface area contributed by atoms with Crippen molar-refractivity contribution in [2.45, 2.75) is 26.8 Å². The van der Waals surface area contributed by atoms with E-state index in [0.717, 1.165) is 23.4 Å². The van der Waals surface area contributed by atoms with Gasteiger partial charge in [-0.3, -0.25) is 4.79 Å². The molecule has 2 rings (SSSR count). The summed E-state index contributed by atoms with van der Waals surface area (Å²) in [4.78, 5) is 12.1. The van der Waals surface area contributed by atoms with E-state index in [1.807, 2.05) is 45.2 Å². The van der Waals surface area contributed by atoms with E-state index in [1.54, 1.807) is 0 Å². The summed E-state index contributed by atoms with van der Waals surface area (Å²) in [5.41, 5.74) is 5.45. The standard InChI is InChI=1S/C18H22N2O/c1-13-4-5-14(2)16(10-13)11-18(21)20-17-8-6-15(7-9-17)12-19-3/h4-10,19H,11-12H2,1-3H3,(H,20,21). The monoisotopic (exact) mass is 282 g/mol. The topological polar surface area (TPSA) is 41.1 Å². The Labute approximate surface area is 126 Å². The zero-order valence-corrected chi connectivity index (χ0v) is 12.9. The van der Waals surface area contributed by atoms with E-state index in [1.165, 1.54) is 11.1 Å². The maximum absolute atomic E-state index is 12.1. The molecule has 0 aromatic heterocycles. The number of rotatable bonds is 5. The van der Waals surface area contributed by atoms with E-state index in [9.17, 15) is 4.79 Å². The minimum absolute atomic E-state index is 0.0186. The first-order valence-electron chi connectivity index (χ1n) is 7.18. The fourth-order valence-corrected chi connectivity index (χ4v) is 2.28. The molecule has 2 N–H and O–H groups in total. The van der Waals surface area contributed by atoms with Crippen LogP contribution in [0.4, 0.5) is 5.69 Å². The molecule has 1 amide bonds. The Bertz CT molecular complexity index is 618. The zero-order valence-electron chi connectivity index (χ0n) is 12.9. The number of hydrogen-bond donors (Lipinski definition) is 2. The summed E-state index contributed by atoms with van der Waals surface area (Å²) in [6.45, 7) is 4.91. The highest BCUT2D eigenvalue weighted by Crippen LogP contribution is 2.14. The Hall–Kier alpha value is -2.13. The molecule has 2 aromatic carbocycles. The van der Waals surface area contributed by atoms with Crippen LogP contribution in [0.2, 0.25) is 0 Å². The smallest absolute Gasteiger partial charge is 0.228 e. The van der Waals surface area contributed by atoms with E-state index in [2.05, 4.69) is 28.8 Å². The minimum Gasteiger partial charge on any atom is -0.326 e. The van der Waals surface area contributed by atoms with Crippen molar-refractivity contribution >= 4 is 11.6 Å². The number of anilines is 1. The van der Waals surface area contributed by atoms with Gasteiger partial charge in [0.25, 0.3) is 0 Å². The van der Waals surface area contributed by atoms with Gasteiger partial charge in [0.05, 0.1) is 6.42 Å². The average Bonchev–Trinajstić information content (AvgIpc) is 2.45. The van der Waals surface area contributed by atoms with Crippen LogP contribution in [-0.4, -0.2) is 13.0 Å². The first kappa shape index (κ1) is 15.3. The third-order valence-electron chi connectivity index (χ3n) is 3.47. The van der Waals surface area contributed by atoms with Crippen LogP contribution in [0.5, 0.6) is 0 Å². The molecular formula is C18H22N2O. The van der Waals surface area contributed by atoms with Gasteiger partial charge in [0.2, 0.25) is 5.91 Å². The van der Waals surface area contributed by atoms with Crippen LogP contribution >= 0.6 is 0 Å².